The maximum Gasteiger partial charge on any atom is 0.170 e. The van der Waals surface area contributed by atoms with E-state index in [0.717, 1.165) is 24.8 Å². The molecule has 3 nitrogen and oxygen atoms in total. The SMILES string of the molecule is CCCCCC(=O)c1c(O)ccc(-c2ccccc2)c1O. The Morgan fingerprint density at radius 1 is 1.00 bits per heavy atom. The van der Waals surface area contributed by atoms with Gasteiger partial charge in [-0.3, -0.25) is 4.79 Å². The van der Waals surface area contributed by atoms with E-state index >= 15 is 0 Å². The zero-order valence-corrected chi connectivity index (χ0v) is 12.2. The fourth-order valence-electron chi connectivity index (χ4n) is 2.37. The number of hydrogen-bond acceptors (Lipinski definition) is 3. The summed E-state index contributed by atoms with van der Waals surface area (Å²) in [5.74, 6) is -0.507. The number of phenolic OH excluding ortho intramolecular Hbond substituents is 2. The summed E-state index contributed by atoms with van der Waals surface area (Å²) in [5, 5.41) is 20.3. The van der Waals surface area contributed by atoms with Crippen molar-refractivity contribution in [3.8, 4) is 22.6 Å². The predicted octanol–water partition coefficient (Wildman–Crippen LogP) is 4.53. The minimum atomic E-state index is -0.212. The summed E-state index contributed by atoms with van der Waals surface area (Å²) >= 11 is 0. The molecule has 2 N–H and O–H groups in total. The lowest BCUT2D eigenvalue weighted by Gasteiger charge is -2.11. The largest absolute Gasteiger partial charge is 0.507 e. The highest BCUT2D eigenvalue weighted by molar-refractivity contribution is 6.03. The maximum absolute atomic E-state index is 12.2. The third-order valence-electron chi connectivity index (χ3n) is 3.53. The number of hydrogen-bond donors (Lipinski definition) is 2. The fraction of sp³-hybridized carbons (Fsp3) is 0.278. The number of phenols is 2. The second-order valence-electron chi connectivity index (χ2n) is 5.10. The molecule has 0 spiro atoms. The second-order valence-corrected chi connectivity index (χ2v) is 5.10. The van der Waals surface area contributed by atoms with E-state index in [4.69, 9.17) is 0 Å². The van der Waals surface area contributed by atoms with E-state index in [9.17, 15) is 15.0 Å². The van der Waals surface area contributed by atoms with Gasteiger partial charge in [0.15, 0.2) is 5.78 Å². The molecule has 2 aromatic carbocycles. The third kappa shape index (κ3) is 3.43. The van der Waals surface area contributed by atoms with Crippen LogP contribution in [0.2, 0.25) is 0 Å². The minimum absolute atomic E-state index is 0.0347. The quantitative estimate of drug-likeness (QED) is 0.605. The normalized spacial score (nSPS) is 10.5. The van der Waals surface area contributed by atoms with Crippen LogP contribution in [0.5, 0.6) is 11.5 Å². The van der Waals surface area contributed by atoms with Crippen molar-refractivity contribution in [2.24, 2.45) is 0 Å². The molecule has 0 saturated heterocycles. The minimum Gasteiger partial charge on any atom is -0.507 e. The van der Waals surface area contributed by atoms with Crippen LogP contribution in [0.25, 0.3) is 11.1 Å². The van der Waals surface area contributed by atoms with Crippen molar-refractivity contribution in [2.45, 2.75) is 32.6 Å². The monoisotopic (exact) mass is 284 g/mol. The first-order valence-corrected chi connectivity index (χ1v) is 7.28. The Morgan fingerprint density at radius 2 is 1.71 bits per heavy atom. The first kappa shape index (κ1) is 15.1. The van der Waals surface area contributed by atoms with Crippen LogP contribution in [0.15, 0.2) is 42.5 Å². The number of benzene rings is 2. The van der Waals surface area contributed by atoms with Crippen LogP contribution in [-0.4, -0.2) is 16.0 Å². The molecule has 110 valence electrons. The van der Waals surface area contributed by atoms with Gasteiger partial charge in [-0.1, -0.05) is 50.1 Å². The van der Waals surface area contributed by atoms with Crippen LogP contribution in [0, 0.1) is 0 Å². The zero-order chi connectivity index (χ0) is 15.2. The lowest BCUT2D eigenvalue weighted by Crippen LogP contribution is -2.01. The van der Waals surface area contributed by atoms with E-state index in [1.54, 1.807) is 6.07 Å². The Morgan fingerprint density at radius 3 is 2.38 bits per heavy atom. The van der Waals surface area contributed by atoms with Crippen LogP contribution in [0.1, 0.15) is 43.0 Å². The maximum atomic E-state index is 12.2. The molecule has 0 amide bonds. The van der Waals surface area contributed by atoms with Crippen LogP contribution in [0.4, 0.5) is 0 Å². The van der Waals surface area contributed by atoms with Gasteiger partial charge in [0.25, 0.3) is 0 Å². The lowest BCUT2D eigenvalue weighted by molar-refractivity contribution is 0.0974. The molecule has 21 heavy (non-hydrogen) atoms. The van der Waals surface area contributed by atoms with Gasteiger partial charge in [-0.25, -0.2) is 0 Å². The molecule has 0 bridgehead atoms. The van der Waals surface area contributed by atoms with Crippen molar-refractivity contribution in [3.63, 3.8) is 0 Å². The highest BCUT2D eigenvalue weighted by Crippen LogP contribution is 2.37. The summed E-state index contributed by atoms with van der Waals surface area (Å²) in [6.07, 6.45) is 3.10. The summed E-state index contributed by atoms with van der Waals surface area (Å²) in [7, 11) is 0. The summed E-state index contributed by atoms with van der Waals surface area (Å²) in [6.45, 7) is 2.06. The molecule has 0 heterocycles. The number of aromatic hydroxyl groups is 2. The molecule has 2 rings (SSSR count). The molecule has 3 heteroatoms. The first-order chi connectivity index (χ1) is 10.1. The Hall–Kier alpha value is -2.29. The Balaban J connectivity index is 2.36. The lowest BCUT2D eigenvalue weighted by atomic mass is 9.96. The molecule has 0 unspecified atom stereocenters. The van der Waals surface area contributed by atoms with E-state index in [-0.39, 0.29) is 22.8 Å². The number of carbonyl (C=O) groups excluding carboxylic acids is 1. The predicted molar refractivity (Wildman–Crippen MR) is 83.7 cm³/mol. The van der Waals surface area contributed by atoms with E-state index < -0.39 is 0 Å². The molecule has 0 fully saturated rings. The topological polar surface area (TPSA) is 57.5 Å². The summed E-state index contributed by atoms with van der Waals surface area (Å²) < 4.78 is 0. The number of Topliss-reactive ketones (excluding diaryl/α,β-unsaturated/α-hetero) is 1. The molecule has 0 aromatic heterocycles. The van der Waals surface area contributed by atoms with Crippen molar-refractivity contribution in [3.05, 3.63) is 48.0 Å². The standard InChI is InChI=1S/C18H20O3/c1-2-3-5-10-15(19)17-16(20)12-11-14(18(17)21)13-8-6-4-7-9-13/h4,6-9,11-12,20-21H,2-3,5,10H2,1H3. The molecule has 0 aliphatic heterocycles. The van der Waals surface area contributed by atoms with Crippen molar-refractivity contribution in [1.29, 1.82) is 0 Å². The highest BCUT2D eigenvalue weighted by atomic mass is 16.3. The second kappa shape index (κ2) is 6.93. The molecule has 2 aromatic rings. The van der Waals surface area contributed by atoms with Gasteiger partial charge in [0.05, 0.1) is 0 Å². The first-order valence-electron chi connectivity index (χ1n) is 7.28. The molecule has 0 aliphatic carbocycles. The van der Waals surface area contributed by atoms with Gasteiger partial charge in [0, 0.05) is 12.0 Å². The Bertz CT molecular complexity index is 618. The molecule has 0 aliphatic rings. The Kier molecular flexibility index (Phi) is 4.99. The molecule has 0 atom stereocenters. The van der Waals surface area contributed by atoms with Gasteiger partial charge >= 0.3 is 0 Å². The number of carbonyl (C=O) groups is 1. The van der Waals surface area contributed by atoms with E-state index in [1.165, 1.54) is 6.07 Å². The van der Waals surface area contributed by atoms with E-state index in [1.807, 2.05) is 30.3 Å². The highest BCUT2D eigenvalue weighted by Gasteiger charge is 2.19. The van der Waals surface area contributed by atoms with E-state index in [0.29, 0.717) is 12.0 Å². The zero-order valence-electron chi connectivity index (χ0n) is 12.2. The molecular weight excluding hydrogens is 264 g/mol. The summed E-state index contributed by atoms with van der Waals surface area (Å²) in [6, 6.07) is 12.4. The molecule has 0 saturated carbocycles. The Labute approximate surface area is 124 Å². The van der Waals surface area contributed by atoms with Crippen LogP contribution >= 0.6 is 0 Å². The smallest absolute Gasteiger partial charge is 0.170 e. The van der Waals surface area contributed by atoms with Crippen molar-refractivity contribution < 1.29 is 15.0 Å². The van der Waals surface area contributed by atoms with E-state index in [2.05, 4.69) is 6.92 Å². The van der Waals surface area contributed by atoms with Crippen LogP contribution in [0.3, 0.4) is 0 Å². The molecule has 0 radical (unpaired) electrons. The fourth-order valence-corrected chi connectivity index (χ4v) is 2.37. The number of unbranched alkanes of at least 4 members (excludes halogenated alkanes) is 2. The van der Waals surface area contributed by atoms with Gasteiger partial charge < -0.3 is 10.2 Å². The van der Waals surface area contributed by atoms with Gasteiger partial charge in [-0.15, -0.1) is 0 Å². The van der Waals surface area contributed by atoms with Crippen LogP contribution in [-0.2, 0) is 0 Å². The summed E-state index contributed by atoms with van der Waals surface area (Å²) in [5.41, 5.74) is 1.41. The number of rotatable bonds is 6. The molecular formula is C18H20O3. The van der Waals surface area contributed by atoms with Gasteiger partial charge in [-0.2, -0.15) is 0 Å². The average Bonchev–Trinajstić information content (AvgIpc) is 2.48. The van der Waals surface area contributed by atoms with Gasteiger partial charge in [-0.05, 0) is 24.1 Å². The van der Waals surface area contributed by atoms with Crippen molar-refractivity contribution in [2.75, 3.05) is 0 Å². The number of ketones is 1. The van der Waals surface area contributed by atoms with Crippen molar-refractivity contribution >= 4 is 5.78 Å². The van der Waals surface area contributed by atoms with Gasteiger partial charge in [0.2, 0.25) is 0 Å². The van der Waals surface area contributed by atoms with Gasteiger partial charge in [0.1, 0.15) is 17.1 Å². The van der Waals surface area contributed by atoms with Crippen molar-refractivity contribution in [1.82, 2.24) is 0 Å². The van der Waals surface area contributed by atoms with Crippen LogP contribution < -0.4 is 0 Å². The summed E-state index contributed by atoms with van der Waals surface area (Å²) in [4.78, 5) is 12.2. The average molecular weight is 284 g/mol. The third-order valence-corrected chi connectivity index (χ3v) is 3.53.